The molecule has 0 N–H and O–H groups in total. The molecule has 1 atom stereocenters. The standard InChI is InChI=1S/C23H27N3O/c1-2-3-14-25-17-19(16-22(25)27)23-24-20-11-7-8-12-21(20)26(23)15-13-18-9-5-4-6-10-18/h4-12,19H,2-3,13-17H2,1H3/t19-/m0/s1. The summed E-state index contributed by atoms with van der Waals surface area (Å²) in [5.74, 6) is 1.53. The lowest BCUT2D eigenvalue weighted by Gasteiger charge is -2.17. The third-order valence-electron chi connectivity index (χ3n) is 5.51. The highest BCUT2D eigenvalue weighted by atomic mass is 16.2. The summed E-state index contributed by atoms with van der Waals surface area (Å²) in [4.78, 5) is 19.4. The van der Waals surface area contributed by atoms with Gasteiger partial charge in [0.1, 0.15) is 5.82 Å². The third kappa shape index (κ3) is 3.75. The zero-order chi connectivity index (χ0) is 18.6. The first-order valence-corrected chi connectivity index (χ1v) is 10.0. The molecule has 3 aromatic rings. The molecule has 0 bridgehead atoms. The number of aromatic nitrogens is 2. The van der Waals surface area contributed by atoms with Crippen LogP contribution in [0.4, 0.5) is 0 Å². The molecule has 1 aliphatic heterocycles. The quantitative estimate of drug-likeness (QED) is 0.626. The van der Waals surface area contributed by atoms with Crippen LogP contribution in [0.5, 0.6) is 0 Å². The van der Waals surface area contributed by atoms with Crippen molar-refractivity contribution in [2.45, 2.75) is 45.1 Å². The second kappa shape index (κ2) is 7.95. The first kappa shape index (κ1) is 17.8. The predicted octanol–water partition coefficient (Wildman–Crippen LogP) is 4.40. The van der Waals surface area contributed by atoms with E-state index >= 15 is 0 Å². The number of likely N-dealkylation sites (tertiary alicyclic amines) is 1. The molecule has 1 aromatic heterocycles. The minimum Gasteiger partial charge on any atom is -0.342 e. The lowest BCUT2D eigenvalue weighted by molar-refractivity contribution is -0.127. The van der Waals surface area contributed by atoms with E-state index in [2.05, 4.69) is 60.0 Å². The molecule has 0 saturated carbocycles. The van der Waals surface area contributed by atoms with Crippen LogP contribution in [0.25, 0.3) is 11.0 Å². The van der Waals surface area contributed by atoms with Gasteiger partial charge >= 0.3 is 0 Å². The van der Waals surface area contributed by atoms with Gasteiger partial charge in [-0.15, -0.1) is 0 Å². The maximum Gasteiger partial charge on any atom is 0.223 e. The summed E-state index contributed by atoms with van der Waals surface area (Å²) >= 11 is 0. The number of aryl methyl sites for hydroxylation is 2. The van der Waals surface area contributed by atoms with Gasteiger partial charge in [-0.25, -0.2) is 4.98 Å². The number of nitrogens with zero attached hydrogens (tertiary/aromatic N) is 3. The summed E-state index contributed by atoms with van der Waals surface area (Å²) in [6, 6.07) is 18.9. The van der Waals surface area contributed by atoms with Crippen molar-refractivity contribution in [3.63, 3.8) is 0 Å². The Kier molecular flexibility index (Phi) is 5.23. The fourth-order valence-electron chi connectivity index (χ4n) is 4.04. The molecule has 0 spiro atoms. The van der Waals surface area contributed by atoms with Gasteiger partial charge in [0.2, 0.25) is 5.91 Å². The average Bonchev–Trinajstić information content (AvgIpc) is 3.25. The molecule has 2 aromatic carbocycles. The number of fused-ring (bicyclic) bond motifs is 1. The van der Waals surface area contributed by atoms with Gasteiger partial charge in [-0.1, -0.05) is 55.8 Å². The normalized spacial score (nSPS) is 17.1. The maximum atomic E-state index is 12.5. The van der Waals surface area contributed by atoms with E-state index in [-0.39, 0.29) is 11.8 Å². The average molecular weight is 361 g/mol. The summed E-state index contributed by atoms with van der Waals surface area (Å²) < 4.78 is 2.34. The monoisotopic (exact) mass is 361 g/mol. The highest BCUT2D eigenvalue weighted by Gasteiger charge is 2.33. The third-order valence-corrected chi connectivity index (χ3v) is 5.51. The number of hydrogen-bond donors (Lipinski definition) is 0. The summed E-state index contributed by atoms with van der Waals surface area (Å²) in [7, 11) is 0. The van der Waals surface area contributed by atoms with Crippen LogP contribution in [-0.2, 0) is 17.8 Å². The molecule has 1 aliphatic rings. The summed E-state index contributed by atoms with van der Waals surface area (Å²) in [5.41, 5.74) is 3.52. The predicted molar refractivity (Wildman–Crippen MR) is 109 cm³/mol. The summed E-state index contributed by atoms with van der Waals surface area (Å²) in [5, 5.41) is 0. The van der Waals surface area contributed by atoms with E-state index in [1.165, 1.54) is 11.1 Å². The van der Waals surface area contributed by atoms with Crippen LogP contribution in [0.2, 0.25) is 0 Å². The van der Waals surface area contributed by atoms with Crippen molar-refractivity contribution < 1.29 is 4.79 Å². The highest BCUT2D eigenvalue weighted by Crippen LogP contribution is 2.30. The van der Waals surface area contributed by atoms with Crippen molar-refractivity contribution in [3.05, 3.63) is 66.0 Å². The van der Waals surface area contributed by atoms with Gasteiger partial charge in [-0.05, 0) is 30.5 Å². The van der Waals surface area contributed by atoms with Crippen molar-refractivity contribution in [1.82, 2.24) is 14.5 Å². The minimum absolute atomic E-state index is 0.192. The first-order valence-electron chi connectivity index (χ1n) is 10.0. The van der Waals surface area contributed by atoms with Crippen LogP contribution in [0, 0.1) is 0 Å². The molecule has 0 unspecified atom stereocenters. The van der Waals surface area contributed by atoms with Crippen molar-refractivity contribution in [3.8, 4) is 0 Å². The van der Waals surface area contributed by atoms with E-state index in [0.29, 0.717) is 6.42 Å². The van der Waals surface area contributed by atoms with Crippen LogP contribution in [0.3, 0.4) is 0 Å². The molecule has 4 nitrogen and oxygen atoms in total. The molecule has 1 amide bonds. The van der Waals surface area contributed by atoms with E-state index in [9.17, 15) is 4.79 Å². The van der Waals surface area contributed by atoms with Gasteiger partial charge in [0.25, 0.3) is 0 Å². The number of unbranched alkanes of at least 4 members (excludes halogenated alkanes) is 1. The zero-order valence-corrected chi connectivity index (χ0v) is 16.0. The van der Waals surface area contributed by atoms with E-state index in [0.717, 1.165) is 50.2 Å². The van der Waals surface area contributed by atoms with E-state index in [1.54, 1.807) is 0 Å². The Bertz CT molecular complexity index is 916. The number of hydrogen-bond acceptors (Lipinski definition) is 2. The van der Waals surface area contributed by atoms with Gasteiger partial charge in [0, 0.05) is 32.0 Å². The van der Waals surface area contributed by atoms with Gasteiger partial charge < -0.3 is 9.47 Å². The van der Waals surface area contributed by atoms with Gasteiger partial charge in [0.15, 0.2) is 0 Å². The Morgan fingerprint density at radius 2 is 1.81 bits per heavy atom. The number of para-hydroxylation sites is 2. The summed E-state index contributed by atoms with van der Waals surface area (Å²) in [6.07, 6.45) is 3.74. The molecule has 27 heavy (non-hydrogen) atoms. The number of benzene rings is 2. The number of imidazole rings is 1. The fourth-order valence-corrected chi connectivity index (χ4v) is 4.04. The topological polar surface area (TPSA) is 38.1 Å². The Hall–Kier alpha value is -2.62. The lowest BCUT2D eigenvalue weighted by atomic mass is 10.1. The van der Waals surface area contributed by atoms with Gasteiger partial charge in [-0.3, -0.25) is 4.79 Å². The maximum absolute atomic E-state index is 12.5. The van der Waals surface area contributed by atoms with Crippen LogP contribution in [-0.4, -0.2) is 33.4 Å². The van der Waals surface area contributed by atoms with Crippen molar-refractivity contribution >= 4 is 16.9 Å². The fraction of sp³-hybridized carbons (Fsp3) is 0.391. The Morgan fingerprint density at radius 1 is 1.04 bits per heavy atom. The molecule has 4 heteroatoms. The molecule has 2 heterocycles. The molecule has 0 radical (unpaired) electrons. The van der Waals surface area contributed by atoms with Gasteiger partial charge in [0.05, 0.1) is 11.0 Å². The number of carbonyl (C=O) groups is 1. The summed E-state index contributed by atoms with van der Waals surface area (Å²) in [6.45, 7) is 4.73. The van der Waals surface area contributed by atoms with Crippen LogP contribution in [0.1, 0.15) is 43.5 Å². The molecule has 140 valence electrons. The first-order chi connectivity index (χ1) is 13.3. The Morgan fingerprint density at radius 3 is 2.63 bits per heavy atom. The minimum atomic E-state index is 0.192. The molecular weight excluding hydrogens is 334 g/mol. The SMILES string of the molecule is CCCCN1C[C@@H](c2nc3ccccc3n2CCc2ccccc2)CC1=O. The molecule has 0 aliphatic carbocycles. The molecule has 1 saturated heterocycles. The Balaban J connectivity index is 1.61. The van der Waals surface area contributed by atoms with Crippen LogP contribution < -0.4 is 0 Å². The molecule has 1 fully saturated rings. The molecular formula is C23H27N3O. The van der Waals surface area contributed by atoms with E-state index < -0.39 is 0 Å². The number of amides is 1. The lowest BCUT2D eigenvalue weighted by Crippen LogP contribution is -2.26. The highest BCUT2D eigenvalue weighted by molar-refractivity contribution is 5.80. The smallest absolute Gasteiger partial charge is 0.223 e. The van der Waals surface area contributed by atoms with Crippen molar-refractivity contribution in [2.75, 3.05) is 13.1 Å². The molecule has 4 rings (SSSR count). The second-order valence-corrected chi connectivity index (χ2v) is 7.44. The van der Waals surface area contributed by atoms with E-state index in [1.807, 2.05) is 11.0 Å². The largest absolute Gasteiger partial charge is 0.342 e. The number of carbonyl (C=O) groups excluding carboxylic acids is 1. The van der Waals surface area contributed by atoms with Crippen LogP contribution in [0.15, 0.2) is 54.6 Å². The van der Waals surface area contributed by atoms with Crippen molar-refractivity contribution in [2.24, 2.45) is 0 Å². The van der Waals surface area contributed by atoms with Crippen LogP contribution >= 0.6 is 0 Å². The second-order valence-electron chi connectivity index (χ2n) is 7.44. The van der Waals surface area contributed by atoms with Crippen molar-refractivity contribution in [1.29, 1.82) is 0 Å². The van der Waals surface area contributed by atoms with E-state index in [4.69, 9.17) is 4.98 Å². The zero-order valence-electron chi connectivity index (χ0n) is 16.0. The van der Waals surface area contributed by atoms with Gasteiger partial charge in [-0.2, -0.15) is 0 Å². The Labute approximate surface area is 160 Å². The number of rotatable bonds is 7.